The number of carboxylic acid groups (broad SMARTS) is 1. The van der Waals surface area contributed by atoms with Gasteiger partial charge >= 0.3 is 5.97 Å². The molecule has 2 unspecified atom stereocenters. The highest BCUT2D eigenvalue weighted by atomic mass is 16.4. The molecule has 0 rings (SSSR count). The van der Waals surface area contributed by atoms with E-state index in [1.807, 2.05) is 20.8 Å². The first-order chi connectivity index (χ1) is 6.85. The molecular weight excluding hydrogens is 194 g/mol. The molecule has 0 bridgehead atoms. The predicted molar refractivity (Wildman–Crippen MR) is 59.8 cm³/mol. The summed E-state index contributed by atoms with van der Waals surface area (Å²) in [6, 6.07) is -0.147. The molecule has 0 heterocycles. The number of aliphatic hydroxyl groups is 1. The Morgan fingerprint density at radius 3 is 2.27 bits per heavy atom. The second-order valence-electron chi connectivity index (χ2n) is 4.64. The highest BCUT2D eigenvalue weighted by molar-refractivity contribution is 5.78. The SMILES string of the molecule is CCC(C)(NC(CO)CC(C)C)C(=O)O. The van der Waals surface area contributed by atoms with E-state index in [0.717, 1.165) is 6.42 Å². The van der Waals surface area contributed by atoms with Gasteiger partial charge in [0, 0.05) is 6.04 Å². The normalized spacial score (nSPS) is 17.5. The number of aliphatic hydroxyl groups excluding tert-OH is 1. The lowest BCUT2D eigenvalue weighted by molar-refractivity contribution is -0.144. The van der Waals surface area contributed by atoms with Crippen molar-refractivity contribution in [3.8, 4) is 0 Å². The molecule has 0 aliphatic heterocycles. The first kappa shape index (κ1) is 14.4. The van der Waals surface area contributed by atoms with Crippen LogP contribution in [0.3, 0.4) is 0 Å². The van der Waals surface area contributed by atoms with Gasteiger partial charge < -0.3 is 10.2 Å². The molecule has 0 aliphatic rings. The fourth-order valence-electron chi connectivity index (χ4n) is 1.51. The van der Waals surface area contributed by atoms with E-state index in [9.17, 15) is 4.79 Å². The van der Waals surface area contributed by atoms with Crippen LogP contribution in [0.25, 0.3) is 0 Å². The Kier molecular flexibility index (Phi) is 5.83. The minimum Gasteiger partial charge on any atom is -0.480 e. The van der Waals surface area contributed by atoms with Crippen LogP contribution in [-0.4, -0.2) is 34.4 Å². The maximum atomic E-state index is 11.0. The molecule has 0 aromatic rings. The predicted octanol–water partition coefficient (Wildman–Crippen LogP) is 1.24. The molecule has 0 radical (unpaired) electrons. The van der Waals surface area contributed by atoms with Crippen LogP contribution in [0, 0.1) is 5.92 Å². The molecule has 15 heavy (non-hydrogen) atoms. The maximum Gasteiger partial charge on any atom is 0.323 e. The number of nitrogens with one attached hydrogen (secondary N) is 1. The second-order valence-corrected chi connectivity index (χ2v) is 4.64. The van der Waals surface area contributed by atoms with Crippen LogP contribution in [0.15, 0.2) is 0 Å². The number of aliphatic carboxylic acids is 1. The fraction of sp³-hybridized carbons (Fsp3) is 0.909. The van der Waals surface area contributed by atoms with E-state index in [0.29, 0.717) is 12.3 Å². The zero-order valence-electron chi connectivity index (χ0n) is 10.1. The number of carbonyl (C=O) groups is 1. The summed E-state index contributed by atoms with van der Waals surface area (Å²) in [5, 5.41) is 21.2. The van der Waals surface area contributed by atoms with E-state index in [-0.39, 0.29) is 12.6 Å². The van der Waals surface area contributed by atoms with Crippen LogP contribution in [0.4, 0.5) is 0 Å². The Balaban J connectivity index is 4.43. The summed E-state index contributed by atoms with van der Waals surface area (Å²) in [5.41, 5.74) is -0.942. The molecule has 4 nitrogen and oxygen atoms in total. The molecule has 90 valence electrons. The highest BCUT2D eigenvalue weighted by Gasteiger charge is 2.33. The lowest BCUT2D eigenvalue weighted by Gasteiger charge is -2.30. The van der Waals surface area contributed by atoms with Gasteiger partial charge in [0.25, 0.3) is 0 Å². The fourth-order valence-corrected chi connectivity index (χ4v) is 1.51. The topological polar surface area (TPSA) is 69.6 Å². The first-order valence-corrected chi connectivity index (χ1v) is 5.47. The van der Waals surface area contributed by atoms with Crippen molar-refractivity contribution in [2.75, 3.05) is 6.61 Å². The standard InChI is InChI=1S/C11H23NO3/c1-5-11(4,10(14)15)12-9(7-13)6-8(2)3/h8-9,12-13H,5-7H2,1-4H3,(H,14,15). The Morgan fingerprint density at radius 1 is 1.47 bits per heavy atom. The van der Waals surface area contributed by atoms with Crippen LogP contribution in [0.2, 0.25) is 0 Å². The summed E-state index contributed by atoms with van der Waals surface area (Å²) in [7, 11) is 0. The number of hydrogen-bond acceptors (Lipinski definition) is 3. The van der Waals surface area contributed by atoms with Crippen molar-refractivity contribution in [2.45, 2.75) is 52.1 Å². The highest BCUT2D eigenvalue weighted by Crippen LogP contribution is 2.13. The Morgan fingerprint density at radius 2 is 2.00 bits per heavy atom. The molecule has 2 atom stereocenters. The van der Waals surface area contributed by atoms with Gasteiger partial charge in [0.1, 0.15) is 5.54 Å². The Bertz CT molecular complexity index is 206. The smallest absolute Gasteiger partial charge is 0.323 e. The molecule has 0 aromatic heterocycles. The van der Waals surface area contributed by atoms with Crippen molar-refractivity contribution in [3.63, 3.8) is 0 Å². The van der Waals surface area contributed by atoms with Gasteiger partial charge in [-0.3, -0.25) is 10.1 Å². The van der Waals surface area contributed by atoms with Crippen molar-refractivity contribution in [2.24, 2.45) is 5.92 Å². The summed E-state index contributed by atoms with van der Waals surface area (Å²) < 4.78 is 0. The third kappa shape index (κ3) is 4.62. The molecule has 0 spiro atoms. The van der Waals surface area contributed by atoms with E-state index in [2.05, 4.69) is 5.32 Å². The van der Waals surface area contributed by atoms with Crippen LogP contribution in [0.1, 0.15) is 40.5 Å². The van der Waals surface area contributed by atoms with Crippen LogP contribution in [0.5, 0.6) is 0 Å². The van der Waals surface area contributed by atoms with Gasteiger partial charge in [-0.05, 0) is 25.7 Å². The molecular formula is C11H23NO3. The molecule has 0 aliphatic carbocycles. The number of hydrogen-bond donors (Lipinski definition) is 3. The zero-order valence-corrected chi connectivity index (χ0v) is 10.1. The zero-order chi connectivity index (χ0) is 12.1. The van der Waals surface area contributed by atoms with Crippen LogP contribution >= 0.6 is 0 Å². The number of rotatable bonds is 7. The molecule has 3 N–H and O–H groups in total. The molecule has 0 aromatic carbocycles. The quantitative estimate of drug-likeness (QED) is 0.600. The van der Waals surface area contributed by atoms with Gasteiger partial charge in [0.15, 0.2) is 0 Å². The third-order valence-corrected chi connectivity index (χ3v) is 2.68. The lowest BCUT2D eigenvalue weighted by Crippen LogP contribution is -2.54. The first-order valence-electron chi connectivity index (χ1n) is 5.47. The van der Waals surface area contributed by atoms with Crippen LogP contribution < -0.4 is 5.32 Å². The average molecular weight is 217 g/mol. The minimum absolute atomic E-state index is 0.0267. The Labute approximate surface area is 91.7 Å². The van der Waals surface area contributed by atoms with E-state index in [4.69, 9.17) is 10.2 Å². The monoisotopic (exact) mass is 217 g/mol. The molecule has 4 heteroatoms. The van der Waals surface area contributed by atoms with Gasteiger partial charge in [-0.2, -0.15) is 0 Å². The van der Waals surface area contributed by atoms with Gasteiger partial charge in [0.05, 0.1) is 6.61 Å². The van der Waals surface area contributed by atoms with Gasteiger partial charge in [-0.1, -0.05) is 20.8 Å². The average Bonchev–Trinajstić information content (AvgIpc) is 2.15. The molecule has 0 saturated heterocycles. The maximum absolute atomic E-state index is 11.0. The number of carboxylic acids is 1. The third-order valence-electron chi connectivity index (χ3n) is 2.68. The lowest BCUT2D eigenvalue weighted by atomic mass is 9.95. The molecule has 0 amide bonds. The largest absolute Gasteiger partial charge is 0.480 e. The minimum atomic E-state index is -0.942. The van der Waals surface area contributed by atoms with Gasteiger partial charge in [-0.25, -0.2) is 0 Å². The van der Waals surface area contributed by atoms with E-state index in [1.54, 1.807) is 6.92 Å². The van der Waals surface area contributed by atoms with Crippen LogP contribution in [-0.2, 0) is 4.79 Å². The van der Waals surface area contributed by atoms with E-state index in [1.165, 1.54) is 0 Å². The van der Waals surface area contributed by atoms with E-state index >= 15 is 0 Å². The Hall–Kier alpha value is -0.610. The second kappa shape index (κ2) is 6.08. The van der Waals surface area contributed by atoms with Crippen molar-refractivity contribution in [1.82, 2.24) is 5.32 Å². The molecule has 0 saturated carbocycles. The van der Waals surface area contributed by atoms with Crippen molar-refractivity contribution in [3.05, 3.63) is 0 Å². The summed E-state index contributed by atoms with van der Waals surface area (Å²) >= 11 is 0. The summed E-state index contributed by atoms with van der Waals surface area (Å²) in [5.74, 6) is -0.434. The summed E-state index contributed by atoms with van der Waals surface area (Å²) in [4.78, 5) is 11.0. The van der Waals surface area contributed by atoms with E-state index < -0.39 is 11.5 Å². The van der Waals surface area contributed by atoms with Crippen molar-refractivity contribution in [1.29, 1.82) is 0 Å². The van der Waals surface area contributed by atoms with Crippen molar-refractivity contribution >= 4 is 5.97 Å². The van der Waals surface area contributed by atoms with Gasteiger partial charge in [-0.15, -0.1) is 0 Å². The summed E-state index contributed by atoms with van der Waals surface area (Å²) in [6.07, 6.45) is 1.27. The summed E-state index contributed by atoms with van der Waals surface area (Å²) in [6.45, 7) is 7.55. The van der Waals surface area contributed by atoms with Gasteiger partial charge in [0.2, 0.25) is 0 Å². The van der Waals surface area contributed by atoms with Crippen molar-refractivity contribution < 1.29 is 15.0 Å². The molecule has 0 fully saturated rings.